The van der Waals surface area contributed by atoms with E-state index in [1.165, 1.54) is 0 Å². The average Bonchev–Trinajstić information content (AvgIpc) is 1.94. The molecule has 1 fully saturated rings. The Kier molecular flexibility index (Phi) is 2.98. The van der Waals surface area contributed by atoms with Crippen molar-refractivity contribution in [1.29, 1.82) is 0 Å². The van der Waals surface area contributed by atoms with E-state index < -0.39 is 6.17 Å². The van der Waals surface area contributed by atoms with Crippen molar-refractivity contribution < 1.29 is 14.2 Å². The van der Waals surface area contributed by atoms with Crippen LogP contribution in [-0.4, -0.2) is 30.1 Å². The zero-order valence-corrected chi connectivity index (χ0v) is 8.64. The highest BCUT2D eigenvalue weighted by Crippen LogP contribution is 2.43. The molecule has 0 amide bonds. The summed E-state index contributed by atoms with van der Waals surface area (Å²) in [7, 11) is 0. The fourth-order valence-corrected chi connectivity index (χ4v) is 1.54. The maximum atomic E-state index is 12.7. The van der Waals surface area contributed by atoms with Gasteiger partial charge in [-0.05, 0) is 33.6 Å². The third-order valence-corrected chi connectivity index (χ3v) is 2.46. The summed E-state index contributed by atoms with van der Waals surface area (Å²) >= 11 is 0. The largest absolute Gasteiger partial charge is 0.396 e. The molecule has 13 heavy (non-hydrogen) atoms. The Balaban J connectivity index is 2.34. The number of aliphatic hydroxyl groups is 1. The Hall–Kier alpha value is -0.150. The summed E-state index contributed by atoms with van der Waals surface area (Å²) in [6, 6.07) is 0. The zero-order valence-electron chi connectivity index (χ0n) is 8.64. The molecule has 1 rings (SSSR count). The molecule has 3 heteroatoms. The first-order valence-electron chi connectivity index (χ1n) is 4.76. The van der Waals surface area contributed by atoms with Crippen LogP contribution in [-0.2, 0) is 4.74 Å². The molecule has 0 aromatic carbocycles. The zero-order chi connectivity index (χ0) is 10.1. The van der Waals surface area contributed by atoms with E-state index in [1.54, 1.807) is 0 Å². The first-order valence-corrected chi connectivity index (χ1v) is 4.76. The average molecular weight is 190 g/mol. The molecule has 0 aromatic heterocycles. The lowest BCUT2D eigenvalue weighted by molar-refractivity contribution is -0.121. The number of ether oxygens (including phenoxy) is 1. The molecule has 1 saturated carbocycles. The maximum absolute atomic E-state index is 12.7. The second-order valence-corrected chi connectivity index (χ2v) is 5.06. The van der Waals surface area contributed by atoms with Gasteiger partial charge in [0.15, 0.2) is 0 Å². The molecule has 1 aliphatic rings. The van der Waals surface area contributed by atoms with Crippen LogP contribution in [0.25, 0.3) is 0 Å². The fourth-order valence-electron chi connectivity index (χ4n) is 1.54. The lowest BCUT2D eigenvalue weighted by Gasteiger charge is -2.43. The van der Waals surface area contributed by atoms with Gasteiger partial charge in [-0.25, -0.2) is 4.39 Å². The van der Waals surface area contributed by atoms with Gasteiger partial charge in [-0.15, -0.1) is 0 Å². The van der Waals surface area contributed by atoms with Crippen LogP contribution in [0.1, 0.15) is 33.6 Å². The van der Waals surface area contributed by atoms with Crippen LogP contribution < -0.4 is 0 Å². The minimum absolute atomic E-state index is 0.0312. The Bertz CT molecular complexity index is 168. The van der Waals surface area contributed by atoms with Crippen molar-refractivity contribution in [2.45, 2.75) is 45.4 Å². The van der Waals surface area contributed by atoms with Gasteiger partial charge in [-0.2, -0.15) is 0 Å². The second kappa shape index (κ2) is 3.54. The summed E-state index contributed by atoms with van der Waals surface area (Å²) in [5.74, 6) is 0. The first-order chi connectivity index (χ1) is 5.87. The predicted molar refractivity (Wildman–Crippen MR) is 49.4 cm³/mol. The van der Waals surface area contributed by atoms with E-state index in [2.05, 4.69) is 0 Å². The van der Waals surface area contributed by atoms with Gasteiger partial charge in [-0.3, -0.25) is 0 Å². The molecule has 2 nitrogen and oxygen atoms in total. The number of hydrogen-bond donors (Lipinski definition) is 1. The summed E-state index contributed by atoms with van der Waals surface area (Å²) in [5, 5.41) is 9.10. The smallest absolute Gasteiger partial charge is 0.102 e. The minimum Gasteiger partial charge on any atom is -0.396 e. The maximum Gasteiger partial charge on any atom is 0.102 e. The van der Waals surface area contributed by atoms with Gasteiger partial charge in [-0.1, -0.05) is 0 Å². The van der Waals surface area contributed by atoms with E-state index in [0.29, 0.717) is 19.4 Å². The van der Waals surface area contributed by atoms with Gasteiger partial charge in [0.05, 0.1) is 18.8 Å². The summed E-state index contributed by atoms with van der Waals surface area (Å²) in [6.07, 6.45) is 0.148. The number of halogens is 1. The summed E-state index contributed by atoms with van der Waals surface area (Å²) in [4.78, 5) is 0. The molecule has 0 bridgehead atoms. The minimum atomic E-state index is -0.740. The molecule has 0 atom stereocenters. The van der Waals surface area contributed by atoms with Crippen molar-refractivity contribution in [3.63, 3.8) is 0 Å². The van der Waals surface area contributed by atoms with Crippen molar-refractivity contribution >= 4 is 0 Å². The van der Waals surface area contributed by atoms with Crippen molar-refractivity contribution in [3.8, 4) is 0 Å². The third kappa shape index (κ3) is 2.92. The standard InChI is InChI=1S/C10H19FO2/c1-9(2,3)13-7-10(6-12)4-8(11)5-10/h8,12H,4-7H2,1-3H3. The molecule has 0 heterocycles. The SMILES string of the molecule is CC(C)(C)OCC1(CO)CC(F)C1. The van der Waals surface area contributed by atoms with E-state index in [0.717, 1.165) is 0 Å². The molecule has 0 saturated heterocycles. The lowest BCUT2D eigenvalue weighted by atomic mass is 9.68. The summed E-state index contributed by atoms with van der Waals surface area (Å²) in [6.45, 7) is 6.38. The van der Waals surface area contributed by atoms with E-state index in [9.17, 15) is 4.39 Å². The Labute approximate surface area is 79.1 Å². The molecule has 78 valence electrons. The Morgan fingerprint density at radius 3 is 2.31 bits per heavy atom. The van der Waals surface area contributed by atoms with Gasteiger partial charge in [0.1, 0.15) is 6.17 Å². The number of hydrogen-bond acceptors (Lipinski definition) is 2. The molecule has 1 N–H and O–H groups in total. The fraction of sp³-hybridized carbons (Fsp3) is 1.00. The third-order valence-electron chi connectivity index (χ3n) is 2.46. The molecule has 0 unspecified atom stereocenters. The van der Waals surface area contributed by atoms with Crippen molar-refractivity contribution in [3.05, 3.63) is 0 Å². The predicted octanol–water partition coefficient (Wildman–Crippen LogP) is 1.91. The monoisotopic (exact) mass is 190 g/mol. The van der Waals surface area contributed by atoms with Gasteiger partial charge in [0.2, 0.25) is 0 Å². The molecular formula is C10H19FO2. The molecule has 0 aliphatic heterocycles. The number of rotatable bonds is 3. The van der Waals surface area contributed by atoms with E-state index >= 15 is 0 Å². The quantitative estimate of drug-likeness (QED) is 0.736. The van der Waals surface area contributed by atoms with Gasteiger partial charge >= 0.3 is 0 Å². The van der Waals surface area contributed by atoms with Gasteiger partial charge < -0.3 is 9.84 Å². The van der Waals surface area contributed by atoms with Crippen LogP contribution in [0.5, 0.6) is 0 Å². The highest BCUT2D eigenvalue weighted by Gasteiger charge is 2.45. The first kappa shape index (κ1) is 10.9. The molecule has 0 spiro atoms. The van der Waals surface area contributed by atoms with Crippen LogP contribution in [0.4, 0.5) is 4.39 Å². The van der Waals surface area contributed by atoms with E-state index in [1.807, 2.05) is 20.8 Å². The molecule has 0 aromatic rings. The highest BCUT2D eigenvalue weighted by atomic mass is 19.1. The Morgan fingerprint density at radius 1 is 1.46 bits per heavy atom. The van der Waals surface area contributed by atoms with Crippen LogP contribution >= 0.6 is 0 Å². The normalized spacial score (nSPS) is 34.4. The highest BCUT2D eigenvalue weighted by molar-refractivity contribution is 4.94. The Morgan fingerprint density at radius 2 is 2.00 bits per heavy atom. The van der Waals surface area contributed by atoms with Gasteiger partial charge in [0, 0.05) is 5.41 Å². The van der Waals surface area contributed by atoms with Crippen LogP contribution in [0.2, 0.25) is 0 Å². The van der Waals surface area contributed by atoms with E-state index in [4.69, 9.17) is 9.84 Å². The van der Waals surface area contributed by atoms with Crippen molar-refractivity contribution in [2.24, 2.45) is 5.41 Å². The van der Waals surface area contributed by atoms with Gasteiger partial charge in [0.25, 0.3) is 0 Å². The van der Waals surface area contributed by atoms with Crippen LogP contribution in [0.15, 0.2) is 0 Å². The van der Waals surface area contributed by atoms with Crippen molar-refractivity contribution in [1.82, 2.24) is 0 Å². The molecule has 1 aliphatic carbocycles. The molecular weight excluding hydrogens is 171 g/mol. The van der Waals surface area contributed by atoms with Crippen LogP contribution in [0, 0.1) is 5.41 Å². The van der Waals surface area contributed by atoms with E-state index in [-0.39, 0.29) is 17.6 Å². The second-order valence-electron chi connectivity index (χ2n) is 5.06. The summed E-state index contributed by atoms with van der Waals surface area (Å²) in [5.41, 5.74) is -0.504. The van der Waals surface area contributed by atoms with Crippen molar-refractivity contribution in [2.75, 3.05) is 13.2 Å². The lowest BCUT2D eigenvalue weighted by Crippen LogP contribution is -2.46. The number of aliphatic hydroxyl groups excluding tert-OH is 1. The molecule has 0 radical (unpaired) electrons. The summed E-state index contributed by atoms with van der Waals surface area (Å²) < 4.78 is 18.2. The number of alkyl halides is 1. The van der Waals surface area contributed by atoms with Crippen LogP contribution in [0.3, 0.4) is 0 Å². The topological polar surface area (TPSA) is 29.5 Å².